The van der Waals surface area contributed by atoms with Crippen LogP contribution in [0, 0.1) is 6.92 Å². The summed E-state index contributed by atoms with van der Waals surface area (Å²) in [6.45, 7) is 6.39. The van der Waals surface area contributed by atoms with Crippen molar-refractivity contribution in [3.05, 3.63) is 35.4 Å². The van der Waals surface area contributed by atoms with E-state index >= 15 is 0 Å². The molecule has 0 bridgehead atoms. The van der Waals surface area contributed by atoms with Gasteiger partial charge in [0, 0.05) is 38.7 Å². The molecule has 0 aromatic heterocycles. The maximum absolute atomic E-state index is 6.49. The third-order valence-electron chi connectivity index (χ3n) is 4.15. The van der Waals surface area contributed by atoms with Crippen LogP contribution in [-0.4, -0.2) is 31.5 Å². The Morgan fingerprint density at radius 2 is 2.00 bits per heavy atom. The molecule has 1 heterocycles. The summed E-state index contributed by atoms with van der Waals surface area (Å²) in [7, 11) is 0. The number of ether oxygens (including phenoxy) is 2. The molecule has 1 aromatic rings. The minimum absolute atomic E-state index is 0.0254. The van der Waals surface area contributed by atoms with E-state index in [0.717, 1.165) is 32.5 Å². The molecule has 1 unspecified atom stereocenters. The number of nitrogens with two attached hydrogens (primary N) is 1. The summed E-state index contributed by atoms with van der Waals surface area (Å²) in [6, 6.07) is 8.47. The van der Waals surface area contributed by atoms with Gasteiger partial charge in [-0.3, -0.25) is 0 Å². The Hall–Kier alpha value is -0.900. The molecule has 0 amide bonds. The van der Waals surface area contributed by atoms with Gasteiger partial charge in [-0.2, -0.15) is 0 Å². The first-order valence-electron chi connectivity index (χ1n) is 7.20. The fourth-order valence-corrected chi connectivity index (χ4v) is 2.89. The van der Waals surface area contributed by atoms with Gasteiger partial charge < -0.3 is 15.2 Å². The van der Waals surface area contributed by atoms with Gasteiger partial charge in [0.15, 0.2) is 0 Å². The Morgan fingerprint density at radius 3 is 2.63 bits per heavy atom. The molecule has 0 saturated carbocycles. The predicted octanol–water partition coefficient (Wildman–Crippen LogP) is 2.45. The highest BCUT2D eigenvalue weighted by Gasteiger charge is 2.39. The maximum Gasteiger partial charge on any atom is 0.0879 e. The Morgan fingerprint density at radius 1 is 1.32 bits per heavy atom. The van der Waals surface area contributed by atoms with Crippen LogP contribution in [0.1, 0.15) is 30.9 Å². The monoisotopic (exact) mass is 263 g/mol. The van der Waals surface area contributed by atoms with E-state index in [0.29, 0.717) is 6.61 Å². The van der Waals surface area contributed by atoms with Gasteiger partial charge in [-0.05, 0) is 31.4 Å². The van der Waals surface area contributed by atoms with Crippen molar-refractivity contribution in [2.75, 3.05) is 19.8 Å². The van der Waals surface area contributed by atoms with Crippen molar-refractivity contribution in [1.29, 1.82) is 0 Å². The molecule has 0 spiro atoms. The Bertz CT molecular complexity index is 394. The van der Waals surface area contributed by atoms with Gasteiger partial charge in [-0.1, -0.05) is 24.3 Å². The zero-order valence-electron chi connectivity index (χ0n) is 12.0. The molecule has 2 rings (SSSR count). The Kier molecular flexibility index (Phi) is 4.97. The highest BCUT2D eigenvalue weighted by Crippen LogP contribution is 2.30. The van der Waals surface area contributed by atoms with Crippen LogP contribution in [0.15, 0.2) is 24.3 Å². The molecule has 1 saturated heterocycles. The predicted molar refractivity (Wildman–Crippen MR) is 77.3 cm³/mol. The first kappa shape index (κ1) is 14.5. The summed E-state index contributed by atoms with van der Waals surface area (Å²) in [5.74, 6) is 0. The van der Waals surface area contributed by atoms with Crippen molar-refractivity contribution < 1.29 is 9.47 Å². The fraction of sp³-hybridized carbons (Fsp3) is 0.625. The van der Waals surface area contributed by atoms with E-state index in [-0.39, 0.29) is 11.6 Å². The van der Waals surface area contributed by atoms with E-state index in [1.54, 1.807) is 0 Å². The number of rotatable bonds is 5. The summed E-state index contributed by atoms with van der Waals surface area (Å²) in [6.07, 6.45) is 2.66. The van der Waals surface area contributed by atoms with Gasteiger partial charge in [0.1, 0.15) is 0 Å². The summed E-state index contributed by atoms with van der Waals surface area (Å²) in [4.78, 5) is 0. The normalized spacial score (nSPS) is 20.2. The van der Waals surface area contributed by atoms with Gasteiger partial charge >= 0.3 is 0 Å². The average molecular weight is 263 g/mol. The maximum atomic E-state index is 6.49. The molecule has 0 aliphatic carbocycles. The van der Waals surface area contributed by atoms with Crippen LogP contribution in [0.25, 0.3) is 0 Å². The average Bonchev–Trinajstić information content (AvgIpc) is 2.42. The second kappa shape index (κ2) is 6.51. The van der Waals surface area contributed by atoms with Crippen LogP contribution < -0.4 is 5.73 Å². The molecule has 1 aliphatic rings. The van der Waals surface area contributed by atoms with Crippen molar-refractivity contribution in [3.63, 3.8) is 0 Å². The standard InChI is InChI=1S/C16H25NO2/c1-3-19-16(8-10-18-11-9-16)15(17)12-14-7-5-4-6-13(14)2/h4-7,15H,3,8-12,17H2,1-2H3. The van der Waals surface area contributed by atoms with Crippen molar-refractivity contribution in [3.8, 4) is 0 Å². The largest absolute Gasteiger partial charge is 0.381 e. The molecule has 0 radical (unpaired) electrons. The van der Waals surface area contributed by atoms with E-state index in [4.69, 9.17) is 15.2 Å². The zero-order chi connectivity index (χ0) is 13.7. The molecule has 2 N–H and O–H groups in total. The number of benzene rings is 1. The molecule has 3 heteroatoms. The van der Waals surface area contributed by atoms with Crippen LogP contribution in [0.3, 0.4) is 0 Å². The smallest absolute Gasteiger partial charge is 0.0879 e. The van der Waals surface area contributed by atoms with E-state index in [9.17, 15) is 0 Å². The SMILES string of the molecule is CCOC1(C(N)Cc2ccccc2C)CCOCC1. The van der Waals surface area contributed by atoms with Crippen molar-refractivity contribution in [2.24, 2.45) is 5.73 Å². The van der Waals surface area contributed by atoms with Crippen LogP contribution in [0.5, 0.6) is 0 Å². The lowest BCUT2D eigenvalue weighted by molar-refractivity contribution is -0.120. The van der Waals surface area contributed by atoms with Crippen LogP contribution in [-0.2, 0) is 15.9 Å². The van der Waals surface area contributed by atoms with Crippen LogP contribution >= 0.6 is 0 Å². The van der Waals surface area contributed by atoms with Crippen LogP contribution in [0.2, 0.25) is 0 Å². The van der Waals surface area contributed by atoms with E-state index in [2.05, 4.69) is 31.2 Å². The Balaban J connectivity index is 2.11. The fourth-order valence-electron chi connectivity index (χ4n) is 2.89. The third-order valence-corrected chi connectivity index (χ3v) is 4.15. The molecule has 106 valence electrons. The Labute approximate surface area is 116 Å². The summed E-state index contributed by atoms with van der Waals surface area (Å²) in [5.41, 5.74) is 8.90. The molecule has 1 fully saturated rings. The zero-order valence-corrected chi connectivity index (χ0v) is 12.0. The molecular weight excluding hydrogens is 238 g/mol. The summed E-state index contributed by atoms with van der Waals surface area (Å²) < 4.78 is 11.5. The van der Waals surface area contributed by atoms with Gasteiger partial charge in [0.05, 0.1) is 5.60 Å². The highest BCUT2D eigenvalue weighted by molar-refractivity contribution is 5.27. The topological polar surface area (TPSA) is 44.5 Å². The number of aryl methyl sites for hydroxylation is 1. The molecule has 3 nitrogen and oxygen atoms in total. The number of hydrogen-bond acceptors (Lipinski definition) is 3. The van der Waals surface area contributed by atoms with Gasteiger partial charge in [0.2, 0.25) is 0 Å². The molecule has 1 aromatic carbocycles. The van der Waals surface area contributed by atoms with E-state index in [1.165, 1.54) is 11.1 Å². The minimum atomic E-state index is -0.213. The molecule has 1 aliphatic heterocycles. The first-order valence-corrected chi connectivity index (χ1v) is 7.20. The lowest BCUT2D eigenvalue weighted by atomic mass is 9.82. The van der Waals surface area contributed by atoms with Crippen molar-refractivity contribution in [1.82, 2.24) is 0 Å². The minimum Gasteiger partial charge on any atom is -0.381 e. The van der Waals surface area contributed by atoms with Crippen molar-refractivity contribution >= 4 is 0 Å². The molecular formula is C16H25NO2. The van der Waals surface area contributed by atoms with Gasteiger partial charge in [-0.25, -0.2) is 0 Å². The van der Waals surface area contributed by atoms with Crippen LogP contribution in [0.4, 0.5) is 0 Å². The number of hydrogen-bond donors (Lipinski definition) is 1. The first-order chi connectivity index (χ1) is 9.18. The summed E-state index contributed by atoms with van der Waals surface area (Å²) in [5, 5.41) is 0. The third kappa shape index (κ3) is 3.35. The van der Waals surface area contributed by atoms with Gasteiger partial charge in [0.25, 0.3) is 0 Å². The second-order valence-electron chi connectivity index (χ2n) is 5.35. The van der Waals surface area contributed by atoms with E-state index < -0.39 is 0 Å². The van der Waals surface area contributed by atoms with Crippen molar-refractivity contribution in [2.45, 2.75) is 44.8 Å². The second-order valence-corrected chi connectivity index (χ2v) is 5.35. The lowest BCUT2D eigenvalue weighted by Crippen LogP contribution is -2.54. The lowest BCUT2D eigenvalue weighted by Gasteiger charge is -2.41. The molecule has 1 atom stereocenters. The molecule has 19 heavy (non-hydrogen) atoms. The van der Waals surface area contributed by atoms with E-state index in [1.807, 2.05) is 6.92 Å². The summed E-state index contributed by atoms with van der Waals surface area (Å²) >= 11 is 0. The highest BCUT2D eigenvalue weighted by atomic mass is 16.5. The van der Waals surface area contributed by atoms with Gasteiger partial charge in [-0.15, -0.1) is 0 Å². The quantitative estimate of drug-likeness (QED) is 0.887.